The number of para-hydroxylation sites is 1. The van der Waals surface area contributed by atoms with Gasteiger partial charge in [0.15, 0.2) is 0 Å². The fraction of sp³-hybridized carbons (Fsp3) is 0.182. The van der Waals surface area contributed by atoms with E-state index >= 15 is 0 Å². The average Bonchev–Trinajstić information content (AvgIpc) is 3.12. The molecular weight excluding hydrogens is 372 g/mol. The zero-order chi connectivity index (χ0) is 19.1. The predicted octanol–water partition coefficient (Wildman–Crippen LogP) is 4.13. The number of nitrogens with zero attached hydrogens (tertiary/aromatic N) is 2. The van der Waals surface area contributed by atoms with Crippen LogP contribution in [0, 0.1) is 0 Å². The van der Waals surface area contributed by atoms with Crippen molar-refractivity contribution >= 4 is 22.5 Å². The minimum atomic E-state index is -0.0569. The van der Waals surface area contributed by atoms with Crippen molar-refractivity contribution in [1.29, 1.82) is 0 Å². The molecule has 0 radical (unpaired) electrons. The number of aromatic nitrogens is 3. The van der Waals surface area contributed by atoms with Gasteiger partial charge in [-0.25, -0.2) is 4.98 Å². The lowest BCUT2D eigenvalue weighted by Gasteiger charge is -2.27. The molecule has 2 N–H and O–H groups in total. The average molecular weight is 391 g/mol. The van der Waals surface area contributed by atoms with Gasteiger partial charge in [-0.2, -0.15) is 0 Å². The Labute approximate surface area is 167 Å². The number of hydrogen-bond acceptors (Lipinski definition) is 3. The Morgan fingerprint density at radius 3 is 2.79 bits per heavy atom. The van der Waals surface area contributed by atoms with Gasteiger partial charge in [0, 0.05) is 53.7 Å². The second kappa shape index (κ2) is 6.93. The Morgan fingerprint density at radius 1 is 1.11 bits per heavy atom. The number of fused-ring (bicyclic) bond motifs is 2. The fourth-order valence-electron chi connectivity index (χ4n) is 3.86. The topological polar surface area (TPSA) is 64.8 Å². The van der Waals surface area contributed by atoms with E-state index in [1.165, 1.54) is 10.9 Å². The Balaban J connectivity index is 1.41. The zero-order valence-electron chi connectivity index (χ0n) is 15.2. The van der Waals surface area contributed by atoms with Crippen molar-refractivity contribution in [2.45, 2.75) is 19.5 Å². The van der Waals surface area contributed by atoms with E-state index in [1.807, 2.05) is 18.2 Å². The molecular formula is C22H19ClN4O. The largest absolute Gasteiger partial charge is 0.361 e. The van der Waals surface area contributed by atoms with Crippen molar-refractivity contribution in [3.05, 3.63) is 86.9 Å². The number of benzene rings is 2. The van der Waals surface area contributed by atoms with Crippen molar-refractivity contribution < 1.29 is 0 Å². The van der Waals surface area contributed by atoms with Crippen LogP contribution < -0.4 is 5.56 Å². The van der Waals surface area contributed by atoms with Crippen LogP contribution in [-0.2, 0) is 19.5 Å². The Kier molecular flexibility index (Phi) is 4.26. The molecule has 0 bridgehead atoms. The number of rotatable bonds is 3. The predicted molar refractivity (Wildman–Crippen MR) is 111 cm³/mol. The summed E-state index contributed by atoms with van der Waals surface area (Å²) < 4.78 is 0. The van der Waals surface area contributed by atoms with Gasteiger partial charge in [0.05, 0.1) is 11.3 Å². The van der Waals surface area contributed by atoms with E-state index in [0.717, 1.165) is 41.8 Å². The molecule has 4 aromatic rings. The van der Waals surface area contributed by atoms with Gasteiger partial charge in [-0.05, 0) is 35.9 Å². The monoisotopic (exact) mass is 390 g/mol. The fourth-order valence-corrected chi connectivity index (χ4v) is 3.99. The van der Waals surface area contributed by atoms with E-state index in [0.29, 0.717) is 17.4 Å². The van der Waals surface area contributed by atoms with Crippen molar-refractivity contribution in [2.75, 3.05) is 6.54 Å². The lowest BCUT2D eigenvalue weighted by Crippen LogP contribution is -2.35. The van der Waals surface area contributed by atoms with Crippen LogP contribution in [0.25, 0.3) is 22.3 Å². The molecule has 5 nitrogen and oxygen atoms in total. The summed E-state index contributed by atoms with van der Waals surface area (Å²) in [6.45, 7) is 2.29. The first kappa shape index (κ1) is 17.2. The maximum atomic E-state index is 12.7. The van der Waals surface area contributed by atoms with Crippen LogP contribution >= 0.6 is 11.6 Å². The second-order valence-corrected chi connectivity index (χ2v) is 7.60. The SMILES string of the molecule is O=c1[nH]c(-c2ccc(Cl)cc2)nc2c1CN(Cc1c[nH]c3ccccc13)CC2. The van der Waals surface area contributed by atoms with Crippen LogP contribution in [0.15, 0.2) is 59.5 Å². The second-order valence-electron chi connectivity index (χ2n) is 7.17. The quantitative estimate of drug-likeness (QED) is 0.552. The van der Waals surface area contributed by atoms with Gasteiger partial charge in [0.2, 0.25) is 0 Å². The van der Waals surface area contributed by atoms with Crippen molar-refractivity contribution in [3.63, 3.8) is 0 Å². The van der Waals surface area contributed by atoms with E-state index < -0.39 is 0 Å². The van der Waals surface area contributed by atoms with Crippen molar-refractivity contribution in [3.8, 4) is 11.4 Å². The summed E-state index contributed by atoms with van der Waals surface area (Å²) in [4.78, 5) is 26.0. The van der Waals surface area contributed by atoms with Gasteiger partial charge in [0.1, 0.15) is 5.82 Å². The number of aromatic amines is 2. The third kappa shape index (κ3) is 3.13. The number of halogens is 1. The molecule has 5 rings (SSSR count). The van der Waals surface area contributed by atoms with Crippen LogP contribution in [0.2, 0.25) is 5.02 Å². The highest BCUT2D eigenvalue weighted by atomic mass is 35.5. The Bertz CT molecular complexity index is 1210. The summed E-state index contributed by atoms with van der Waals surface area (Å²) in [5.74, 6) is 0.602. The van der Waals surface area contributed by atoms with Crippen LogP contribution in [0.4, 0.5) is 0 Å². The van der Waals surface area contributed by atoms with Gasteiger partial charge in [-0.15, -0.1) is 0 Å². The van der Waals surface area contributed by atoms with E-state index in [1.54, 1.807) is 12.1 Å². The highest BCUT2D eigenvalue weighted by Crippen LogP contribution is 2.24. The Hall–Kier alpha value is -2.89. The maximum absolute atomic E-state index is 12.7. The van der Waals surface area contributed by atoms with Crippen LogP contribution in [0.3, 0.4) is 0 Å². The normalized spacial score (nSPS) is 14.3. The molecule has 3 heterocycles. The van der Waals surface area contributed by atoms with Gasteiger partial charge < -0.3 is 9.97 Å². The first-order chi connectivity index (χ1) is 13.7. The Morgan fingerprint density at radius 2 is 1.93 bits per heavy atom. The van der Waals surface area contributed by atoms with Crippen LogP contribution in [-0.4, -0.2) is 26.4 Å². The molecule has 6 heteroatoms. The van der Waals surface area contributed by atoms with E-state index in [2.05, 4.69) is 39.3 Å². The number of hydrogen-bond donors (Lipinski definition) is 2. The molecule has 1 aliphatic heterocycles. The van der Waals surface area contributed by atoms with E-state index in [4.69, 9.17) is 16.6 Å². The minimum absolute atomic E-state index is 0.0569. The number of nitrogens with one attached hydrogen (secondary N) is 2. The summed E-state index contributed by atoms with van der Waals surface area (Å²) in [6, 6.07) is 15.7. The third-order valence-electron chi connectivity index (χ3n) is 5.33. The zero-order valence-corrected chi connectivity index (χ0v) is 16.0. The van der Waals surface area contributed by atoms with Gasteiger partial charge in [-0.3, -0.25) is 9.69 Å². The molecule has 140 valence electrons. The molecule has 0 fully saturated rings. The van der Waals surface area contributed by atoms with Gasteiger partial charge in [0.25, 0.3) is 5.56 Å². The molecule has 28 heavy (non-hydrogen) atoms. The molecule has 0 atom stereocenters. The van der Waals surface area contributed by atoms with Crippen molar-refractivity contribution in [1.82, 2.24) is 19.9 Å². The maximum Gasteiger partial charge on any atom is 0.255 e. The summed E-state index contributed by atoms with van der Waals surface area (Å²) in [6.07, 6.45) is 2.83. The standard InChI is InChI=1S/C22H19ClN4O/c23-16-7-5-14(6-8-16)21-25-20-9-10-27(13-18(20)22(28)26-21)12-15-11-24-19-4-2-1-3-17(15)19/h1-8,11,24H,9-10,12-13H2,(H,25,26,28). The molecule has 0 amide bonds. The molecule has 1 aliphatic rings. The smallest absolute Gasteiger partial charge is 0.255 e. The highest BCUT2D eigenvalue weighted by Gasteiger charge is 2.22. The van der Waals surface area contributed by atoms with Crippen molar-refractivity contribution in [2.24, 2.45) is 0 Å². The molecule has 0 spiro atoms. The molecule has 2 aromatic carbocycles. The summed E-state index contributed by atoms with van der Waals surface area (Å²) in [7, 11) is 0. The van der Waals surface area contributed by atoms with Gasteiger partial charge in [-0.1, -0.05) is 29.8 Å². The molecule has 0 unspecified atom stereocenters. The molecule has 0 saturated heterocycles. The highest BCUT2D eigenvalue weighted by molar-refractivity contribution is 6.30. The first-order valence-electron chi connectivity index (χ1n) is 9.33. The first-order valence-corrected chi connectivity index (χ1v) is 9.70. The van der Waals surface area contributed by atoms with Gasteiger partial charge >= 0.3 is 0 Å². The minimum Gasteiger partial charge on any atom is -0.361 e. The van der Waals surface area contributed by atoms with Crippen LogP contribution in [0.5, 0.6) is 0 Å². The third-order valence-corrected chi connectivity index (χ3v) is 5.59. The van der Waals surface area contributed by atoms with E-state index in [9.17, 15) is 4.79 Å². The van der Waals surface area contributed by atoms with Crippen LogP contribution in [0.1, 0.15) is 16.8 Å². The molecule has 2 aromatic heterocycles. The molecule has 0 saturated carbocycles. The molecule has 0 aliphatic carbocycles. The van der Waals surface area contributed by atoms with E-state index in [-0.39, 0.29) is 5.56 Å². The lowest BCUT2D eigenvalue weighted by molar-refractivity contribution is 0.242. The lowest BCUT2D eigenvalue weighted by atomic mass is 10.1. The summed E-state index contributed by atoms with van der Waals surface area (Å²) in [5, 5.41) is 1.90. The summed E-state index contributed by atoms with van der Waals surface area (Å²) >= 11 is 5.96. The summed E-state index contributed by atoms with van der Waals surface area (Å²) in [5.41, 5.74) is 4.86. The number of H-pyrrole nitrogens is 2.